The molecule has 0 radical (unpaired) electrons. The van der Waals surface area contributed by atoms with E-state index < -0.39 is 6.10 Å². The molecule has 174 valence electrons. The van der Waals surface area contributed by atoms with Crippen molar-refractivity contribution in [3.63, 3.8) is 0 Å². The predicted octanol–water partition coefficient (Wildman–Crippen LogP) is 4.24. The molecule has 7 heteroatoms. The van der Waals surface area contributed by atoms with Crippen LogP contribution in [0.25, 0.3) is 11.3 Å². The maximum atomic E-state index is 13.8. The van der Waals surface area contributed by atoms with Gasteiger partial charge in [0.05, 0.1) is 18.3 Å². The van der Waals surface area contributed by atoms with E-state index in [1.54, 1.807) is 23.9 Å². The van der Waals surface area contributed by atoms with E-state index in [0.717, 1.165) is 16.8 Å². The van der Waals surface area contributed by atoms with Crippen molar-refractivity contribution in [1.29, 1.82) is 0 Å². The van der Waals surface area contributed by atoms with Gasteiger partial charge in [0.25, 0.3) is 0 Å². The second kappa shape index (κ2) is 11.6. The van der Waals surface area contributed by atoms with Gasteiger partial charge in [-0.2, -0.15) is 5.10 Å². The molecule has 0 fully saturated rings. The molecule has 2 aromatic carbocycles. The smallest absolute Gasteiger partial charge is 0.222 e. The van der Waals surface area contributed by atoms with Gasteiger partial charge >= 0.3 is 0 Å². The number of aliphatic hydroxyl groups excluding tert-OH is 1. The Morgan fingerprint density at radius 1 is 1.18 bits per heavy atom. The highest BCUT2D eigenvalue weighted by molar-refractivity contribution is 5.65. The van der Waals surface area contributed by atoms with Crippen LogP contribution in [0.5, 0.6) is 11.6 Å². The summed E-state index contributed by atoms with van der Waals surface area (Å²) in [7, 11) is 1.80. The topological polar surface area (TPSA) is 59.8 Å². The fourth-order valence-corrected chi connectivity index (χ4v) is 3.53. The molecule has 3 aromatic rings. The Morgan fingerprint density at radius 3 is 2.61 bits per heavy atom. The minimum Gasteiger partial charge on any atom is -0.439 e. The molecule has 1 aromatic heterocycles. The number of hydrogen-bond donors (Lipinski definition) is 1. The lowest BCUT2D eigenvalue weighted by Crippen LogP contribution is -2.39. The summed E-state index contributed by atoms with van der Waals surface area (Å²) < 4.78 is 26.8. The van der Waals surface area contributed by atoms with Crippen LogP contribution >= 0.6 is 0 Å². The zero-order valence-electron chi connectivity index (χ0n) is 19.2. The summed E-state index contributed by atoms with van der Waals surface area (Å²) >= 11 is 0. The monoisotopic (exact) mass is 451 g/mol. The van der Waals surface area contributed by atoms with Gasteiger partial charge in [0.2, 0.25) is 5.88 Å². The molecule has 0 bridgehead atoms. The third kappa shape index (κ3) is 6.65. The molecule has 0 saturated heterocycles. The number of terminal acetylenes is 1. The normalized spacial score (nSPS) is 12.2. The number of nitrogens with zero attached hydrogens (tertiary/aromatic N) is 3. The number of aliphatic hydroxyl groups is 1. The maximum absolute atomic E-state index is 13.8. The van der Waals surface area contributed by atoms with Crippen molar-refractivity contribution < 1.29 is 19.0 Å². The van der Waals surface area contributed by atoms with Crippen LogP contribution in [0.4, 0.5) is 4.39 Å². The van der Waals surface area contributed by atoms with Crippen LogP contribution in [0, 0.1) is 18.2 Å². The average Bonchev–Trinajstić information content (AvgIpc) is 3.09. The minimum absolute atomic E-state index is 0.123. The molecule has 0 aliphatic heterocycles. The number of aromatic nitrogens is 2. The second-order valence-electron chi connectivity index (χ2n) is 8.08. The van der Waals surface area contributed by atoms with Gasteiger partial charge in [-0.25, -0.2) is 9.07 Å². The molecule has 33 heavy (non-hydrogen) atoms. The molecule has 3 rings (SSSR count). The number of halogens is 1. The Balaban J connectivity index is 1.95. The van der Waals surface area contributed by atoms with E-state index in [4.69, 9.17) is 21.0 Å². The van der Waals surface area contributed by atoms with Crippen LogP contribution in [0.15, 0.2) is 54.6 Å². The van der Waals surface area contributed by atoms with Gasteiger partial charge in [0.15, 0.2) is 0 Å². The highest BCUT2D eigenvalue weighted by Crippen LogP contribution is 2.34. The van der Waals surface area contributed by atoms with Crippen molar-refractivity contribution in [1.82, 2.24) is 14.7 Å². The molecule has 0 aliphatic carbocycles. The van der Waals surface area contributed by atoms with E-state index in [1.165, 1.54) is 12.1 Å². The summed E-state index contributed by atoms with van der Waals surface area (Å²) in [5, 5.41) is 15.2. The van der Waals surface area contributed by atoms with Gasteiger partial charge < -0.3 is 14.6 Å². The van der Waals surface area contributed by atoms with Crippen LogP contribution in [-0.4, -0.2) is 51.7 Å². The molecule has 0 saturated carbocycles. The number of rotatable bonds is 11. The van der Waals surface area contributed by atoms with Crippen molar-refractivity contribution >= 4 is 0 Å². The Kier molecular flexibility index (Phi) is 8.61. The second-order valence-corrected chi connectivity index (χ2v) is 8.08. The summed E-state index contributed by atoms with van der Waals surface area (Å²) in [5.74, 6) is 2.93. The predicted molar refractivity (Wildman–Crippen MR) is 126 cm³/mol. The summed E-state index contributed by atoms with van der Waals surface area (Å²) in [4.78, 5) is 2.12. The summed E-state index contributed by atoms with van der Waals surface area (Å²) in [6, 6.07) is 16.0. The molecule has 1 atom stereocenters. The molecule has 1 N–H and O–H groups in total. The molecule has 0 aliphatic rings. The van der Waals surface area contributed by atoms with Crippen molar-refractivity contribution in [3.8, 4) is 35.2 Å². The molecular weight excluding hydrogens is 421 g/mol. The molecule has 0 spiro atoms. The summed E-state index contributed by atoms with van der Waals surface area (Å²) in [5.41, 5.74) is 2.56. The van der Waals surface area contributed by atoms with Crippen molar-refractivity contribution in [3.05, 3.63) is 66.0 Å². The Bertz CT molecular complexity index is 1080. The van der Waals surface area contributed by atoms with Gasteiger partial charge in [0.1, 0.15) is 23.9 Å². The molecule has 6 nitrogen and oxygen atoms in total. The average molecular weight is 452 g/mol. The van der Waals surface area contributed by atoms with Gasteiger partial charge in [-0.05, 0) is 26.0 Å². The zero-order chi connectivity index (χ0) is 23.8. The van der Waals surface area contributed by atoms with Crippen LogP contribution in [0.2, 0.25) is 0 Å². The quantitative estimate of drug-likeness (QED) is 0.349. The van der Waals surface area contributed by atoms with Gasteiger partial charge in [-0.1, -0.05) is 42.3 Å². The van der Waals surface area contributed by atoms with E-state index in [2.05, 4.69) is 24.7 Å². The fourth-order valence-electron chi connectivity index (χ4n) is 3.53. The van der Waals surface area contributed by atoms with E-state index in [9.17, 15) is 9.50 Å². The first-order valence-electron chi connectivity index (χ1n) is 10.9. The van der Waals surface area contributed by atoms with E-state index in [0.29, 0.717) is 24.7 Å². The van der Waals surface area contributed by atoms with Crippen LogP contribution in [0.1, 0.15) is 19.4 Å². The van der Waals surface area contributed by atoms with Crippen LogP contribution < -0.4 is 4.74 Å². The number of hydrogen-bond acceptors (Lipinski definition) is 5. The number of benzene rings is 2. The lowest BCUT2D eigenvalue weighted by molar-refractivity contribution is 0.0191. The van der Waals surface area contributed by atoms with Crippen LogP contribution in [-0.2, 0) is 18.3 Å². The molecule has 1 heterocycles. The lowest BCUT2D eigenvalue weighted by Gasteiger charge is -2.29. The third-order valence-corrected chi connectivity index (χ3v) is 5.18. The largest absolute Gasteiger partial charge is 0.439 e. The standard InChI is InChI=1S/C26H30FN3O3/c1-5-14-32-18-22(31)16-30(19(2)3)17-24-25(20-10-7-6-8-11-20)28-29(4)26(24)33-23-13-9-12-21(27)15-23/h1,6-13,15,19,22,31H,14,16-18H2,2-4H3. The van der Waals surface area contributed by atoms with Gasteiger partial charge in [-0.3, -0.25) is 4.90 Å². The van der Waals surface area contributed by atoms with Crippen molar-refractivity contribution in [2.45, 2.75) is 32.5 Å². The van der Waals surface area contributed by atoms with E-state index >= 15 is 0 Å². The number of ether oxygens (including phenoxy) is 2. The first-order valence-corrected chi connectivity index (χ1v) is 10.9. The Labute approximate surface area is 194 Å². The highest BCUT2D eigenvalue weighted by atomic mass is 19.1. The summed E-state index contributed by atoms with van der Waals surface area (Å²) in [6.07, 6.45) is 4.51. The summed E-state index contributed by atoms with van der Waals surface area (Å²) in [6.45, 7) is 5.27. The van der Waals surface area contributed by atoms with Crippen LogP contribution in [0.3, 0.4) is 0 Å². The zero-order valence-corrected chi connectivity index (χ0v) is 19.2. The minimum atomic E-state index is -0.704. The molecule has 0 amide bonds. The van der Waals surface area contributed by atoms with Gasteiger partial charge in [-0.15, -0.1) is 6.42 Å². The molecular formula is C26H30FN3O3. The SMILES string of the molecule is C#CCOCC(O)CN(Cc1c(-c2ccccc2)nn(C)c1Oc1cccc(F)c1)C(C)C. The van der Waals surface area contributed by atoms with Gasteiger partial charge in [0, 0.05) is 37.8 Å². The first-order chi connectivity index (χ1) is 15.9. The van der Waals surface area contributed by atoms with Crippen molar-refractivity contribution in [2.24, 2.45) is 7.05 Å². The Hall–Kier alpha value is -3.18. The lowest BCUT2D eigenvalue weighted by atomic mass is 10.1. The van der Waals surface area contributed by atoms with Crippen molar-refractivity contribution in [2.75, 3.05) is 19.8 Å². The fraction of sp³-hybridized carbons (Fsp3) is 0.346. The maximum Gasteiger partial charge on any atom is 0.222 e. The highest BCUT2D eigenvalue weighted by Gasteiger charge is 2.24. The van der Waals surface area contributed by atoms with E-state index in [-0.39, 0.29) is 25.1 Å². The first kappa shape index (κ1) is 24.5. The van der Waals surface area contributed by atoms with E-state index in [1.807, 2.05) is 30.3 Å². The number of aryl methyl sites for hydroxylation is 1. The third-order valence-electron chi connectivity index (χ3n) is 5.18. The molecule has 1 unspecified atom stereocenters. The Morgan fingerprint density at radius 2 is 1.94 bits per heavy atom.